The molecule has 29 heavy (non-hydrogen) atoms. The van der Waals surface area contributed by atoms with Crippen molar-refractivity contribution in [2.24, 2.45) is 0 Å². The number of carbonyl (C=O) groups is 1. The molecule has 8 heteroatoms. The van der Waals surface area contributed by atoms with Gasteiger partial charge in [0.2, 0.25) is 0 Å². The van der Waals surface area contributed by atoms with Gasteiger partial charge in [-0.3, -0.25) is 4.79 Å². The second kappa shape index (κ2) is 20.6. The van der Waals surface area contributed by atoms with Crippen molar-refractivity contribution in [1.82, 2.24) is 0 Å². The van der Waals surface area contributed by atoms with Crippen LogP contribution in [0.4, 0.5) is 0 Å². The molecule has 0 radical (unpaired) electrons. The lowest BCUT2D eigenvalue weighted by atomic mass is 10.1. The van der Waals surface area contributed by atoms with Crippen LogP contribution in [0.2, 0.25) is 0 Å². The average Bonchev–Trinajstić information content (AvgIpc) is 2.75. The molecule has 0 aromatic carbocycles. The highest BCUT2D eigenvalue weighted by Gasteiger charge is 2.05. The fourth-order valence-electron chi connectivity index (χ4n) is 2.20. The SMILES string of the molecule is CCC(/C=C/C=C\CC(/C=C/C=C/C=C\C(CCCC(=O)OC)OP)OP)OP. The molecule has 0 saturated carbocycles. The lowest BCUT2D eigenvalue weighted by Crippen LogP contribution is -2.06. The van der Waals surface area contributed by atoms with E-state index in [0.29, 0.717) is 6.42 Å². The van der Waals surface area contributed by atoms with Gasteiger partial charge < -0.3 is 18.3 Å². The summed E-state index contributed by atoms with van der Waals surface area (Å²) in [7, 11) is 8.26. The monoisotopic (exact) mass is 460 g/mol. The molecule has 0 aromatic rings. The van der Waals surface area contributed by atoms with Crippen LogP contribution in [-0.4, -0.2) is 31.4 Å². The number of esters is 1. The number of methoxy groups -OCH3 is 1. The third-order valence-electron chi connectivity index (χ3n) is 3.95. The van der Waals surface area contributed by atoms with Crippen LogP contribution in [0.5, 0.6) is 0 Å². The highest BCUT2D eigenvalue weighted by molar-refractivity contribution is 7.10. The van der Waals surface area contributed by atoms with Gasteiger partial charge in [-0.2, -0.15) is 0 Å². The quantitative estimate of drug-likeness (QED) is 0.175. The highest BCUT2D eigenvalue weighted by Crippen LogP contribution is 2.11. The van der Waals surface area contributed by atoms with Crippen molar-refractivity contribution >= 4 is 34.4 Å². The molecular formula is C21H35O5P3. The van der Waals surface area contributed by atoms with Gasteiger partial charge >= 0.3 is 5.97 Å². The van der Waals surface area contributed by atoms with Crippen LogP contribution in [0.15, 0.2) is 60.8 Å². The predicted octanol–water partition coefficient (Wildman–Crippen LogP) is 5.44. The maximum absolute atomic E-state index is 11.1. The van der Waals surface area contributed by atoms with E-state index >= 15 is 0 Å². The van der Waals surface area contributed by atoms with Crippen LogP contribution < -0.4 is 0 Å². The van der Waals surface area contributed by atoms with E-state index in [4.69, 9.17) is 13.6 Å². The largest absolute Gasteiger partial charge is 0.469 e. The van der Waals surface area contributed by atoms with E-state index in [1.165, 1.54) is 7.11 Å². The number of carbonyl (C=O) groups excluding carboxylic acids is 1. The summed E-state index contributed by atoms with van der Waals surface area (Å²) in [6.07, 6.45) is 23.4. The minimum atomic E-state index is -0.197. The van der Waals surface area contributed by atoms with Gasteiger partial charge in [0.25, 0.3) is 0 Å². The Morgan fingerprint density at radius 1 is 0.828 bits per heavy atom. The topological polar surface area (TPSA) is 54.0 Å². The molecule has 6 atom stereocenters. The summed E-state index contributed by atoms with van der Waals surface area (Å²) in [6, 6.07) is 0. The first-order valence-electron chi connectivity index (χ1n) is 9.59. The summed E-state index contributed by atoms with van der Waals surface area (Å²) < 4.78 is 20.5. The number of rotatable bonds is 16. The van der Waals surface area contributed by atoms with Crippen molar-refractivity contribution in [2.45, 2.75) is 57.3 Å². The zero-order valence-electron chi connectivity index (χ0n) is 17.3. The van der Waals surface area contributed by atoms with Gasteiger partial charge in [0.1, 0.15) is 0 Å². The molecule has 0 amide bonds. The van der Waals surface area contributed by atoms with Gasteiger partial charge in [-0.05, 0) is 25.7 Å². The summed E-state index contributed by atoms with van der Waals surface area (Å²) in [5, 5.41) is 0. The average molecular weight is 460 g/mol. The number of allylic oxidation sites excluding steroid dienone is 6. The molecule has 0 rings (SSSR count). The van der Waals surface area contributed by atoms with Crippen molar-refractivity contribution in [1.29, 1.82) is 0 Å². The molecule has 5 nitrogen and oxygen atoms in total. The molecule has 0 heterocycles. The normalized spacial score (nSPS) is 15.9. The van der Waals surface area contributed by atoms with E-state index in [1.807, 2.05) is 54.7 Å². The second-order valence-electron chi connectivity index (χ2n) is 6.10. The fourth-order valence-corrected chi connectivity index (χ4v) is 2.91. The Morgan fingerprint density at radius 2 is 1.38 bits per heavy atom. The van der Waals surface area contributed by atoms with Crippen LogP contribution in [-0.2, 0) is 23.1 Å². The maximum atomic E-state index is 11.1. The van der Waals surface area contributed by atoms with Crippen molar-refractivity contribution in [3.05, 3.63) is 60.8 Å². The Morgan fingerprint density at radius 3 is 1.93 bits per heavy atom. The van der Waals surface area contributed by atoms with E-state index in [0.717, 1.165) is 25.7 Å². The van der Waals surface area contributed by atoms with Crippen molar-refractivity contribution in [2.75, 3.05) is 7.11 Å². The molecule has 164 valence electrons. The molecule has 0 spiro atoms. The van der Waals surface area contributed by atoms with E-state index < -0.39 is 0 Å². The van der Waals surface area contributed by atoms with Crippen LogP contribution in [0.1, 0.15) is 39.0 Å². The van der Waals surface area contributed by atoms with Crippen LogP contribution >= 0.6 is 28.4 Å². The molecule has 0 aliphatic carbocycles. The summed E-state index contributed by atoms with van der Waals surface area (Å²) in [6.45, 7) is 2.08. The molecule has 0 N–H and O–H groups in total. The highest BCUT2D eigenvalue weighted by atomic mass is 31.0. The van der Waals surface area contributed by atoms with Crippen molar-refractivity contribution in [3.63, 3.8) is 0 Å². The van der Waals surface area contributed by atoms with Crippen LogP contribution in [0, 0.1) is 0 Å². The van der Waals surface area contributed by atoms with Gasteiger partial charge in [-0.15, -0.1) is 0 Å². The molecule has 0 fully saturated rings. The van der Waals surface area contributed by atoms with Gasteiger partial charge in [0.15, 0.2) is 0 Å². The first kappa shape index (κ1) is 28.3. The number of ether oxygens (including phenoxy) is 1. The van der Waals surface area contributed by atoms with Gasteiger partial charge in [-0.25, -0.2) is 0 Å². The Balaban J connectivity index is 4.28. The summed E-state index contributed by atoms with van der Waals surface area (Å²) >= 11 is 0. The first-order valence-corrected chi connectivity index (χ1v) is 11.0. The number of hydrogen-bond acceptors (Lipinski definition) is 5. The molecule has 0 aliphatic heterocycles. The fraction of sp³-hybridized carbons (Fsp3) is 0.476. The van der Waals surface area contributed by atoms with Crippen molar-refractivity contribution in [3.8, 4) is 0 Å². The third-order valence-corrected chi connectivity index (χ3v) is 5.00. The van der Waals surface area contributed by atoms with E-state index in [1.54, 1.807) is 0 Å². The van der Waals surface area contributed by atoms with Gasteiger partial charge in [-0.1, -0.05) is 67.7 Å². The first-order chi connectivity index (χ1) is 14.1. The van der Waals surface area contributed by atoms with E-state index in [-0.39, 0.29) is 24.3 Å². The molecular weight excluding hydrogens is 425 g/mol. The molecule has 6 unspecified atom stereocenters. The molecule has 0 bridgehead atoms. The van der Waals surface area contributed by atoms with E-state index in [9.17, 15) is 4.79 Å². The van der Waals surface area contributed by atoms with Crippen LogP contribution in [0.25, 0.3) is 0 Å². The predicted molar refractivity (Wildman–Crippen MR) is 130 cm³/mol. The Hall–Kier alpha value is -0.660. The molecule has 0 saturated heterocycles. The standard InChI is InChI=1S/C21H35O5P3/c1-3-18(24-27)12-9-6-10-15-19(25-28)13-7-4-5-8-14-20(26-29)16-11-17-21(22)23-2/h4-10,12-14,18-20H,3,11,15-17,27-29H2,1-2H3/b5-4+,10-6-,12-9+,13-7+,14-8-. The van der Waals surface area contributed by atoms with Gasteiger partial charge in [0, 0.05) is 34.8 Å². The van der Waals surface area contributed by atoms with E-state index in [2.05, 4.69) is 46.1 Å². The second-order valence-corrected chi connectivity index (χ2v) is 6.92. The summed E-state index contributed by atoms with van der Waals surface area (Å²) in [5.74, 6) is -0.197. The zero-order valence-corrected chi connectivity index (χ0v) is 20.8. The Labute approximate surface area is 182 Å². The smallest absolute Gasteiger partial charge is 0.305 e. The summed E-state index contributed by atoms with van der Waals surface area (Å²) in [4.78, 5) is 11.1. The zero-order chi connectivity index (χ0) is 21.7. The van der Waals surface area contributed by atoms with Crippen LogP contribution in [0.3, 0.4) is 0 Å². The van der Waals surface area contributed by atoms with Gasteiger partial charge in [0.05, 0.1) is 25.4 Å². The minimum absolute atomic E-state index is 0.0142. The lowest BCUT2D eigenvalue weighted by molar-refractivity contribution is -0.140. The molecule has 0 aromatic heterocycles. The third kappa shape index (κ3) is 16.8. The maximum Gasteiger partial charge on any atom is 0.305 e. The minimum Gasteiger partial charge on any atom is -0.469 e. The lowest BCUT2D eigenvalue weighted by Gasteiger charge is -2.09. The summed E-state index contributed by atoms with van der Waals surface area (Å²) in [5.41, 5.74) is 0. The Kier molecular flexibility index (Phi) is 20.1. The van der Waals surface area contributed by atoms with Crippen molar-refractivity contribution < 1.29 is 23.1 Å². The number of hydrogen-bond donors (Lipinski definition) is 0. The molecule has 0 aliphatic rings. The Bertz CT molecular complexity index is 555.